The van der Waals surface area contributed by atoms with Crippen molar-refractivity contribution in [3.05, 3.63) is 28.3 Å². The van der Waals surface area contributed by atoms with Gasteiger partial charge < -0.3 is 4.74 Å². The van der Waals surface area contributed by atoms with Crippen LogP contribution in [0.4, 0.5) is 0 Å². The highest BCUT2D eigenvalue weighted by atomic mass is 35.5. The Balaban J connectivity index is 2.46. The van der Waals surface area contributed by atoms with E-state index in [1.165, 1.54) is 28.6 Å². The molecule has 24 heavy (non-hydrogen) atoms. The monoisotopic (exact) mass is 390 g/mol. The minimum Gasteiger partial charge on any atom is -0.462 e. The SMILES string of the molecule is CCOC(=O)c1ccc(S(C)(=O)=O)c(CSc2nnnn2C)c1Cl. The molecule has 0 bridgehead atoms. The van der Waals surface area contributed by atoms with E-state index in [9.17, 15) is 13.2 Å². The van der Waals surface area contributed by atoms with Crippen LogP contribution in [0.5, 0.6) is 0 Å². The highest BCUT2D eigenvalue weighted by Crippen LogP contribution is 2.33. The summed E-state index contributed by atoms with van der Waals surface area (Å²) in [5.74, 6) is -0.419. The number of sulfone groups is 1. The molecule has 0 aliphatic heterocycles. The second-order valence-electron chi connectivity index (χ2n) is 4.77. The van der Waals surface area contributed by atoms with E-state index in [-0.39, 0.29) is 27.8 Å². The van der Waals surface area contributed by atoms with Gasteiger partial charge in [-0.2, -0.15) is 0 Å². The third-order valence-electron chi connectivity index (χ3n) is 3.02. The van der Waals surface area contributed by atoms with Gasteiger partial charge in [-0.15, -0.1) is 5.10 Å². The standard InChI is InChI=1S/C13H15ClN4O4S2/c1-4-22-12(19)8-5-6-10(24(3,20)21)9(11(8)14)7-23-13-15-16-17-18(13)2/h5-6H,4,7H2,1-3H3. The number of carbonyl (C=O) groups is 1. The van der Waals surface area contributed by atoms with E-state index in [1.54, 1.807) is 14.0 Å². The molecule has 8 nitrogen and oxygen atoms in total. The summed E-state index contributed by atoms with van der Waals surface area (Å²) >= 11 is 7.50. The van der Waals surface area contributed by atoms with Crippen LogP contribution in [-0.4, -0.2) is 47.5 Å². The zero-order valence-corrected chi connectivity index (χ0v) is 15.6. The second kappa shape index (κ2) is 7.49. The number of aryl methyl sites for hydroxylation is 1. The smallest absolute Gasteiger partial charge is 0.339 e. The zero-order chi connectivity index (χ0) is 17.9. The lowest BCUT2D eigenvalue weighted by molar-refractivity contribution is 0.0526. The molecule has 0 atom stereocenters. The molecule has 11 heteroatoms. The summed E-state index contributed by atoms with van der Waals surface area (Å²) < 4.78 is 30.4. The Labute approximate surface area is 148 Å². The second-order valence-corrected chi connectivity index (χ2v) is 8.07. The third-order valence-corrected chi connectivity index (χ3v) is 5.67. The Morgan fingerprint density at radius 3 is 2.67 bits per heavy atom. The van der Waals surface area contributed by atoms with E-state index >= 15 is 0 Å². The van der Waals surface area contributed by atoms with Gasteiger partial charge in [-0.25, -0.2) is 17.9 Å². The fourth-order valence-electron chi connectivity index (χ4n) is 1.93. The summed E-state index contributed by atoms with van der Waals surface area (Å²) in [6.07, 6.45) is 1.08. The van der Waals surface area contributed by atoms with Gasteiger partial charge in [0.15, 0.2) is 9.84 Å². The van der Waals surface area contributed by atoms with E-state index in [4.69, 9.17) is 16.3 Å². The number of nitrogens with zero attached hydrogens (tertiary/aromatic N) is 4. The first-order valence-electron chi connectivity index (χ1n) is 6.79. The highest BCUT2D eigenvalue weighted by Gasteiger charge is 2.23. The summed E-state index contributed by atoms with van der Waals surface area (Å²) in [6, 6.07) is 2.72. The third kappa shape index (κ3) is 4.05. The van der Waals surface area contributed by atoms with Gasteiger partial charge in [-0.1, -0.05) is 23.4 Å². The number of rotatable bonds is 6. The zero-order valence-electron chi connectivity index (χ0n) is 13.2. The number of esters is 1. The van der Waals surface area contributed by atoms with Gasteiger partial charge in [0, 0.05) is 24.6 Å². The number of benzene rings is 1. The normalized spacial score (nSPS) is 11.5. The lowest BCUT2D eigenvalue weighted by atomic mass is 10.1. The fraction of sp³-hybridized carbons (Fsp3) is 0.385. The molecule has 0 aliphatic rings. The molecular weight excluding hydrogens is 376 g/mol. The van der Waals surface area contributed by atoms with Crippen molar-refractivity contribution < 1.29 is 17.9 Å². The molecule has 0 unspecified atom stereocenters. The molecule has 2 rings (SSSR count). The van der Waals surface area contributed by atoms with Crippen molar-refractivity contribution in [3.63, 3.8) is 0 Å². The number of thioether (sulfide) groups is 1. The molecule has 0 amide bonds. The van der Waals surface area contributed by atoms with Crippen molar-refractivity contribution in [1.29, 1.82) is 0 Å². The van der Waals surface area contributed by atoms with E-state index in [0.717, 1.165) is 6.26 Å². The number of hydrogen-bond acceptors (Lipinski definition) is 8. The van der Waals surface area contributed by atoms with Gasteiger partial charge in [0.25, 0.3) is 0 Å². The molecule has 0 saturated heterocycles. The molecule has 0 radical (unpaired) electrons. The number of ether oxygens (including phenoxy) is 1. The van der Waals surface area contributed by atoms with Crippen molar-refractivity contribution in [3.8, 4) is 0 Å². The average molecular weight is 391 g/mol. The van der Waals surface area contributed by atoms with Crippen molar-refractivity contribution >= 4 is 39.2 Å². The number of carbonyl (C=O) groups excluding carboxylic acids is 1. The van der Waals surface area contributed by atoms with Crippen molar-refractivity contribution in [2.75, 3.05) is 12.9 Å². The van der Waals surface area contributed by atoms with Crippen LogP contribution in [0, 0.1) is 0 Å². The molecule has 0 saturated carbocycles. The highest BCUT2D eigenvalue weighted by molar-refractivity contribution is 7.98. The van der Waals surface area contributed by atoms with Crippen LogP contribution in [0.15, 0.2) is 22.2 Å². The Kier molecular flexibility index (Phi) is 5.83. The predicted octanol–water partition coefficient (Wildman–Crippen LogP) is 1.74. The van der Waals surface area contributed by atoms with E-state index in [1.807, 2.05) is 0 Å². The van der Waals surface area contributed by atoms with Crippen molar-refractivity contribution in [2.45, 2.75) is 22.7 Å². The molecule has 1 heterocycles. The van der Waals surface area contributed by atoms with Crippen LogP contribution in [0.2, 0.25) is 5.02 Å². The summed E-state index contributed by atoms with van der Waals surface area (Å²) in [6.45, 7) is 1.87. The Bertz CT molecular complexity index is 867. The molecule has 0 fully saturated rings. The minimum absolute atomic E-state index is 0.0546. The number of tetrazole rings is 1. The van der Waals surface area contributed by atoms with Crippen LogP contribution >= 0.6 is 23.4 Å². The quantitative estimate of drug-likeness (QED) is 0.542. The van der Waals surface area contributed by atoms with E-state index in [2.05, 4.69) is 15.5 Å². The molecule has 130 valence electrons. The summed E-state index contributed by atoms with van der Waals surface area (Å²) in [5.41, 5.74) is 0.440. The average Bonchev–Trinajstić information content (AvgIpc) is 2.90. The van der Waals surface area contributed by atoms with Gasteiger partial charge in [0.05, 0.1) is 22.1 Å². The lowest BCUT2D eigenvalue weighted by Gasteiger charge is -2.13. The Morgan fingerprint density at radius 1 is 1.42 bits per heavy atom. The van der Waals surface area contributed by atoms with Crippen LogP contribution in [0.3, 0.4) is 0 Å². The molecule has 0 aliphatic carbocycles. The van der Waals surface area contributed by atoms with Gasteiger partial charge in [0.2, 0.25) is 5.16 Å². The molecule has 0 spiro atoms. The lowest BCUT2D eigenvalue weighted by Crippen LogP contribution is -2.10. The van der Waals surface area contributed by atoms with Crippen LogP contribution < -0.4 is 0 Å². The predicted molar refractivity (Wildman–Crippen MR) is 88.9 cm³/mol. The number of hydrogen-bond donors (Lipinski definition) is 0. The van der Waals surface area contributed by atoms with Gasteiger partial charge >= 0.3 is 5.97 Å². The Hall–Kier alpha value is -1.65. The molecule has 2 aromatic rings. The summed E-state index contributed by atoms with van der Waals surface area (Å²) in [7, 11) is -1.86. The molecule has 1 aromatic carbocycles. The van der Waals surface area contributed by atoms with Crippen LogP contribution in [0.25, 0.3) is 0 Å². The van der Waals surface area contributed by atoms with Gasteiger partial charge in [0.1, 0.15) is 0 Å². The van der Waals surface area contributed by atoms with Gasteiger partial charge in [-0.05, 0) is 29.5 Å². The van der Waals surface area contributed by atoms with E-state index < -0.39 is 15.8 Å². The molecular formula is C13H15ClN4O4S2. The first kappa shape index (κ1) is 18.7. The topological polar surface area (TPSA) is 104 Å². The Morgan fingerprint density at radius 2 is 2.12 bits per heavy atom. The summed E-state index contributed by atoms with van der Waals surface area (Å²) in [5, 5.41) is 11.6. The maximum absolute atomic E-state index is 12.0. The number of halogens is 1. The molecule has 0 N–H and O–H groups in total. The van der Waals surface area contributed by atoms with Crippen LogP contribution in [-0.2, 0) is 27.4 Å². The fourth-order valence-corrected chi connectivity index (χ4v) is 4.30. The molecule has 1 aromatic heterocycles. The van der Waals surface area contributed by atoms with Crippen molar-refractivity contribution in [2.24, 2.45) is 7.05 Å². The first-order chi connectivity index (χ1) is 11.3. The minimum atomic E-state index is -3.52. The first-order valence-corrected chi connectivity index (χ1v) is 10.0. The van der Waals surface area contributed by atoms with Gasteiger partial charge in [-0.3, -0.25) is 0 Å². The van der Waals surface area contributed by atoms with E-state index in [0.29, 0.717) is 10.7 Å². The largest absolute Gasteiger partial charge is 0.462 e. The van der Waals surface area contributed by atoms with Crippen LogP contribution in [0.1, 0.15) is 22.8 Å². The maximum Gasteiger partial charge on any atom is 0.339 e. The number of aromatic nitrogens is 4. The summed E-state index contributed by atoms with van der Waals surface area (Å²) in [4.78, 5) is 12.0. The maximum atomic E-state index is 12.0. The van der Waals surface area contributed by atoms with Crippen molar-refractivity contribution in [1.82, 2.24) is 20.2 Å².